The zero-order valence-electron chi connectivity index (χ0n) is 9.58. The van der Waals surface area contributed by atoms with Crippen molar-refractivity contribution in [2.24, 2.45) is 0 Å². The van der Waals surface area contributed by atoms with Gasteiger partial charge in [-0.15, -0.1) is 0 Å². The van der Waals surface area contributed by atoms with Crippen molar-refractivity contribution in [2.75, 3.05) is 7.05 Å². The number of carboxylic acids is 1. The molecule has 2 rings (SSSR count). The number of carbonyl (C=O) groups excluding carboxylic acids is 1. The lowest BCUT2D eigenvalue weighted by Crippen LogP contribution is -2.27. The van der Waals surface area contributed by atoms with Crippen LogP contribution in [0.25, 0.3) is 0 Å². The van der Waals surface area contributed by atoms with Crippen LogP contribution < -0.4 is 0 Å². The maximum absolute atomic E-state index is 12.0. The molecule has 0 aliphatic heterocycles. The molecule has 0 atom stereocenters. The third-order valence-electron chi connectivity index (χ3n) is 2.40. The number of nitrogens with one attached hydrogen (secondary N) is 1. The molecule has 0 radical (unpaired) electrons. The summed E-state index contributed by atoms with van der Waals surface area (Å²) in [5, 5.41) is 8.88. The normalized spacial score (nSPS) is 10.3. The Morgan fingerprint density at radius 1 is 1.56 bits per heavy atom. The number of aromatic carboxylic acids is 1. The lowest BCUT2D eigenvalue weighted by Gasteiger charge is -2.14. The minimum Gasteiger partial charge on any atom is -0.477 e. The van der Waals surface area contributed by atoms with Crippen LogP contribution in [0.4, 0.5) is 0 Å². The Hall–Kier alpha value is -2.57. The second-order valence-corrected chi connectivity index (χ2v) is 3.72. The van der Waals surface area contributed by atoms with Gasteiger partial charge in [0.15, 0.2) is 11.4 Å². The lowest BCUT2D eigenvalue weighted by atomic mass is 10.2. The number of hydrogen-bond acceptors (Lipinski definition) is 4. The number of aromatic amines is 1. The summed E-state index contributed by atoms with van der Waals surface area (Å²) in [5.74, 6) is -1.68. The number of rotatable bonds is 4. The van der Waals surface area contributed by atoms with E-state index in [9.17, 15) is 9.59 Å². The summed E-state index contributed by atoms with van der Waals surface area (Å²) in [4.78, 5) is 30.4. The topological polar surface area (TPSA) is 99.4 Å². The predicted molar refractivity (Wildman–Crippen MR) is 60.1 cm³/mol. The molecule has 0 bridgehead atoms. The number of aromatic nitrogens is 2. The molecule has 0 saturated carbocycles. The van der Waals surface area contributed by atoms with E-state index in [1.807, 2.05) is 0 Å². The second kappa shape index (κ2) is 4.74. The summed E-state index contributed by atoms with van der Waals surface area (Å²) in [6, 6.07) is 1.73. The van der Waals surface area contributed by atoms with E-state index in [4.69, 9.17) is 9.52 Å². The van der Waals surface area contributed by atoms with Gasteiger partial charge in [-0.05, 0) is 6.07 Å². The van der Waals surface area contributed by atoms with Gasteiger partial charge in [0.1, 0.15) is 0 Å². The molecule has 0 fully saturated rings. The summed E-state index contributed by atoms with van der Waals surface area (Å²) in [6.45, 7) is 0.321. The number of carboxylic acid groups (broad SMARTS) is 1. The van der Waals surface area contributed by atoms with E-state index in [2.05, 4.69) is 9.97 Å². The highest BCUT2D eigenvalue weighted by molar-refractivity contribution is 6.02. The number of furan rings is 1. The third-order valence-corrected chi connectivity index (χ3v) is 2.40. The van der Waals surface area contributed by atoms with E-state index >= 15 is 0 Å². The maximum atomic E-state index is 12.0. The third kappa shape index (κ3) is 2.24. The molecule has 2 aromatic rings. The highest BCUT2D eigenvalue weighted by Crippen LogP contribution is 2.10. The molecule has 0 spiro atoms. The molecule has 0 unspecified atom stereocenters. The fourth-order valence-corrected chi connectivity index (χ4v) is 1.53. The number of carbonyl (C=O) groups is 2. The van der Waals surface area contributed by atoms with Gasteiger partial charge in [-0.25, -0.2) is 9.78 Å². The Morgan fingerprint density at radius 2 is 2.33 bits per heavy atom. The zero-order chi connectivity index (χ0) is 13.1. The first-order chi connectivity index (χ1) is 8.59. The van der Waals surface area contributed by atoms with Gasteiger partial charge in [0.2, 0.25) is 0 Å². The quantitative estimate of drug-likeness (QED) is 0.841. The molecule has 7 nitrogen and oxygen atoms in total. The van der Waals surface area contributed by atoms with Crippen LogP contribution in [0.3, 0.4) is 0 Å². The number of hydrogen-bond donors (Lipinski definition) is 2. The highest BCUT2D eigenvalue weighted by Gasteiger charge is 2.22. The lowest BCUT2D eigenvalue weighted by molar-refractivity contribution is 0.0674. The summed E-state index contributed by atoms with van der Waals surface area (Å²) in [5.41, 5.74) is 0.505. The summed E-state index contributed by atoms with van der Waals surface area (Å²) in [6.07, 6.45) is 4.21. The molecule has 18 heavy (non-hydrogen) atoms. The molecule has 2 heterocycles. The summed E-state index contributed by atoms with van der Waals surface area (Å²) >= 11 is 0. The standard InChI is InChI=1S/C11H11N3O4/c1-14(4-7-2-3-18-5-7)10(15)8-9(11(16)17)13-6-12-8/h2-3,5-6H,4H2,1H3,(H,12,13)(H,16,17). The minimum absolute atomic E-state index is 0.103. The van der Waals surface area contributed by atoms with E-state index in [-0.39, 0.29) is 11.4 Å². The smallest absolute Gasteiger partial charge is 0.354 e. The largest absolute Gasteiger partial charge is 0.477 e. The van der Waals surface area contributed by atoms with Crippen molar-refractivity contribution in [1.82, 2.24) is 14.9 Å². The van der Waals surface area contributed by atoms with Gasteiger partial charge in [0.05, 0.1) is 18.9 Å². The van der Waals surface area contributed by atoms with Gasteiger partial charge < -0.3 is 19.4 Å². The second-order valence-electron chi connectivity index (χ2n) is 3.72. The fraction of sp³-hybridized carbons (Fsp3) is 0.182. The van der Waals surface area contributed by atoms with Crippen molar-refractivity contribution in [2.45, 2.75) is 6.54 Å². The van der Waals surface area contributed by atoms with Crippen molar-refractivity contribution >= 4 is 11.9 Å². The minimum atomic E-state index is -1.22. The molecular weight excluding hydrogens is 238 g/mol. The molecule has 7 heteroatoms. The van der Waals surface area contributed by atoms with Gasteiger partial charge in [0.25, 0.3) is 5.91 Å². The SMILES string of the molecule is CN(Cc1ccoc1)C(=O)c1nc[nH]c1C(=O)O. The van der Waals surface area contributed by atoms with Crippen molar-refractivity contribution in [3.05, 3.63) is 41.9 Å². The Labute approximate surface area is 102 Å². The molecule has 1 amide bonds. The molecule has 0 saturated heterocycles. The van der Waals surface area contributed by atoms with Crippen LogP contribution >= 0.6 is 0 Å². The molecule has 2 aromatic heterocycles. The van der Waals surface area contributed by atoms with Crippen molar-refractivity contribution in [1.29, 1.82) is 0 Å². The maximum Gasteiger partial charge on any atom is 0.354 e. The molecule has 94 valence electrons. The Balaban J connectivity index is 2.15. The van der Waals surface area contributed by atoms with Crippen molar-refractivity contribution in [3.8, 4) is 0 Å². The number of H-pyrrole nitrogens is 1. The number of imidazole rings is 1. The van der Waals surface area contributed by atoms with Crippen LogP contribution in [0.2, 0.25) is 0 Å². The van der Waals surface area contributed by atoms with Crippen molar-refractivity contribution < 1.29 is 19.1 Å². The Bertz CT molecular complexity index is 559. The monoisotopic (exact) mass is 249 g/mol. The predicted octanol–water partition coefficient (Wildman–Crippen LogP) is 0.973. The number of nitrogens with zero attached hydrogens (tertiary/aromatic N) is 2. The average Bonchev–Trinajstić information content (AvgIpc) is 2.97. The summed E-state index contributed by atoms with van der Waals surface area (Å²) in [7, 11) is 1.57. The van der Waals surface area contributed by atoms with Gasteiger partial charge >= 0.3 is 5.97 Å². The molecular formula is C11H11N3O4. The fourth-order valence-electron chi connectivity index (χ4n) is 1.53. The van der Waals surface area contributed by atoms with Gasteiger partial charge in [-0.3, -0.25) is 4.79 Å². The Morgan fingerprint density at radius 3 is 2.94 bits per heavy atom. The van der Waals surface area contributed by atoms with Crippen LogP contribution in [-0.4, -0.2) is 38.9 Å². The van der Waals surface area contributed by atoms with E-state index in [0.29, 0.717) is 6.54 Å². The highest BCUT2D eigenvalue weighted by atomic mass is 16.4. The van der Waals surface area contributed by atoms with Crippen LogP contribution in [0.1, 0.15) is 26.5 Å². The first-order valence-corrected chi connectivity index (χ1v) is 5.13. The zero-order valence-corrected chi connectivity index (χ0v) is 9.58. The van der Waals surface area contributed by atoms with Crippen LogP contribution in [0, 0.1) is 0 Å². The molecule has 0 aromatic carbocycles. The average molecular weight is 249 g/mol. The van der Waals surface area contributed by atoms with Gasteiger partial charge in [-0.1, -0.05) is 0 Å². The summed E-state index contributed by atoms with van der Waals surface area (Å²) < 4.78 is 4.89. The van der Waals surface area contributed by atoms with Crippen LogP contribution in [0.5, 0.6) is 0 Å². The molecule has 0 aliphatic carbocycles. The molecule has 2 N–H and O–H groups in total. The van der Waals surface area contributed by atoms with Crippen LogP contribution in [0.15, 0.2) is 29.3 Å². The van der Waals surface area contributed by atoms with E-state index in [1.54, 1.807) is 13.1 Å². The molecule has 0 aliphatic rings. The number of amides is 1. The van der Waals surface area contributed by atoms with E-state index in [1.165, 1.54) is 23.8 Å². The van der Waals surface area contributed by atoms with E-state index in [0.717, 1.165) is 5.56 Å². The van der Waals surface area contributed by atoms with E-state index < -0.39 is 11.9 Å². The van der Waals surface area contributed by atoms with Gasteiger partial charge in [-0.2, -0.15) is 0 Å². The Kier molecular flexibility index (Phi) is 3.13. The van der Waals surface area contributed by atoms with Gasteiger partial charge in [0, 0.05) is 19.2 Å². The van der Waals surface area contributed by atoms with Crippen molar-refractivity contribution in [3.63, 3.8) is 0 Å². The first kappa shape index (κ1) is 11.9. The first-order valence-electron chi connectivity index (χ1n) is 5.13. The van der Waals surface area contributed by atoms with Crippen LogP contribution in [-0.2, 0) is 6.54 Å².